The van der Waals surface area contributed by atoms with E-state index in [0.29, 0.717) is 11.4 Å². The molecule has 3 rings (SSSR count). The minimum absolute atomic E-state index is 0.0600. The van der Waals surface area contributed by atoms with Crippen molar-refractivity contribution < 1.29 is 22.3 Å². The van der Waals surface area contributed by atoms with Gasteiger partial charge in [0.1, 0.15) is 21.3 Å². The molecule has 3 aromatic rings. The molecule has 0 aliphatic heterocycles. The van der Waals surface area contributed by atoms with Gasteiger partial charge >= 0.3 is 0 Å². The van der Waals surface area contributed by atoms with Gasteiger partial charge in [0, 0.05) is 12.7 Å². The number of nitrogens with zero attached hydrogens (tertiary/aromatic N) is 1. The Morgan fingerprint density at radius 2 is 1.71 bits per heavy atom. The lowest BCUT2D eigenvalue weighted by Crippen LogP contribution is -2.28. The minimum atomic E-state index is -4.00. The average Bonchev–Trinajstić information content (AvgIpc) is 3.19. The van der Waals surface area contributed by atoms with Crippen LogP contribution < -0.4 is 14.4 Å². The molecule has 1 heterocycles. The number of thiophene rings is 1. The first-order chi connectivity index (χ1) is 13.3. The number of rotatable bonds is 6. The number of hydrogen-bond acceptors (Lipinski definition) is 5. The van der Waals surface area contributed by atoms with Gasteiger partial charge in [0.15, 0.2) is 0 Å². The molecule has 6 nitrogen and oxygen atoms in total. The van der Waals surface area contributed by atoms with Crippen LogP contribution in [0.5, 0.6) is 5.75 Å². The van der Waals surface area contributed by atoms with Gasteiger partial charge in [-0.05, 0) is 60.0 Å². The summed E-state index contributed by atoms with van der Waals surface area (Å²) in [6.07, 6.45) is 0. The maximum absolute atomic E-state index is 13.1. The van der Waals surface area contributed by atoms with E-state index in [2.05, 4.69) is 5.32 Å². The van der Waals surface area contributed by atoms with Gasteiger partial charge in [-0.1, -0.05) is 0 Å². The van der Waals surface area contributed by atoms with Gasteiger partial charge in [-0.15, -0.1) is 11.3 Å². The van der Waals surface area contributed by atoms with Crippen LogP contribution in [0, 0.1) is 5.82 Å². The quantitative estimate of drug-likeness (QED) is 0.655. The Bertz CT molecular complexity index is 1080. The van der Waals surface area contributed by atoms with Crippen LogP contribution >= 0.6 is 11.3 Å². The Morgan fingerprint density at radius 3 is 2.32 bits per heavy atom. The molecule has 0 atom stereocenters. The Hall–Kier alpha value is -2.91. The number of halogens is 1. The van der Waals surface area contributed by atoms with Gasteiger partial charge in [0.25, 0.3) is 15.9 Å². The van der Waals surface area contributed by atoms with Crippen molar-refractivity contribution in [3.05, 3.63) is 70.7 Å². The summed E-state index contributed by atoms with van der Waals surface area (Å²) in [7, 11) is -1.11. The van der Waals surface area contributed by atoms with Crippen molar-refractivity contribution in [1.82, 2.24) is 0 Å². The summed E-state index contributed by atoms with van der Waals surface area (Å²) in [6, 6.07) is 13.1. The molecule has 0 radical (unpaired) electrons. The van der Waals surface area contributed by atoms with Crippen molar-refractivity contribution in [3.8, 4) is 5.75 Å². The van der Waals surface area contributed by atoms with Crippen LogP contribution in [0.15, 0.2) is 64.9 Å². The molecule has 1 N–H and O–H groups in total. The number of amides is 1. The lowest BCUT2D eigenvalue weighted by atomic mass is 10.3. The van der Waals surface area contributed by atoms with Gasteiger partial charge < -0.3 is 10.1 Å². The van der Waals surface area contributed by atoms with E-state index in [1.54, 1.807) is 24.3 Å². The summed E-state index contributed by atoms with van der Waals surface area (Å²) in [5.74, 6) is -0.366. The third-order valence-electron chi connectivity index (χ3n) is 4.01. The smallest absolute Gasteiger partial charge is 0.267 e. The molecule has 0 unspecified atom stereocenters. The zero-order valence-electron chi connectivity index (χ0n) is 15.0. The highest BCUT2D eigenvalue weighted by molar-refractivity contribution is 7.93. The van der Waals surface area contributed by atoms with Crippen molar-refractivity contribution in [1.29, 1.82) is 0 Å². The third-order valence-corrected chi connectivity index (χ3v) is 6.88. The van der Waals surface area contributed by atoms with E-state index in [1.807, 2.05) is 0 Å². The monoisotopic (exact) mass is 420 g/mol. The number of methoxy groups -OCH3 is 1. The minimum Gasteiger partial charge on any atom is -0.497 e. The molecular weight excluding hydrogens is 403 g/mol. The Balaban J connectivity index is 1.86. The second-order valence-electron chi connectivity index (χ2n) is 5.75. The highest BCUT2D eigenvalue weighted by atomic mass is 32.2. The average molecular weight is 420 g/mol. The molecule has 9 heteroatoms. The number of sulfonamides is 1. The summed E-state index contributed by atoms with van der Waals surface area (Å²) in [4.78, 5) is 12.6. The highest BCUT2D eigenvalue weighted by Crippen LogP contribution is 2.29. The third kappa shape index (κ3) is 4.00. The molecule has 1 amide bonds. The van der Waals surface area contributed by atoms with Crippen molar-refractivity contribution in [2.45, 2.75) is 4.90 Å². The number of anilines is 2. The predicted molar refractivity (Wildman–Crippen MR) is 107 cm³/mol. The standard InChI is InChI=1S/C19H17FN2O4S2/c1-22(15-7-3-13(20)4-8-15)28(24,25)17-11-12-27-18(17)19(23)21-14-5-9-16(26-2)10-6-14/h3-12H,1-2H3,(H,21,23). The molecule has 0 aliphatic carbocycles. The number of benzene rings is 2. The summed E-state index contributed by atoms with van der Waals surface area (Å²) >= 11 is 1.02. The van der Waals surface area contributed by atoms with Crippen LogP contribution in [0.2, 0.25) is 0 Å². The van der Waals surface area contributed by atoms with Gasteiger partial charge in [0.2, 0.25) is 0 Å². The summed E-state index contributed by atoms with van der Waals surface area (Å²) in [6.45, 7) is 0. The fraction of sp³-hybridized carbons (Fsp3) is 0.105. The molecule has 0 saturated heterocycles. The van der Waals surface area contributed by atoms with Crippen molar-refractivity contribution in [2.75, 3.05) is 23.8 Å². The summed E-state index contributed by atoms with van der Waals surface area (Å²) < 4.78 is 45.2. The second-order valence-corrected chi connectivity index (χ2v) is 8.60. The van der Waals surface area contributed by atoms with Crippen LogP contribution in [0.25, 0.3) is 0 Å². The predicted octanol–water partition coefficient (Wildman–Crippen LogP) is 3.97. The van der Waals surface area contributed by atoms with Crippen molar-refractivity contribution >= 4 is 38.6 Å². The van der Waals surface area contributed by atoms with Crippen LogP contribution in [-0.4, -0.2) is 28.5 Å². The number of carbonyl (C=O) groups is 1. The maximum atomic E-state index is 13.1. The first-order valence-electron chi connectivity index (χ1n) is 8.10. The van der Waals surface area contributed by atoms with Crippen LogP contribution in [0.4, 0.5) is 15.8 Å². The number of carbonyl (C=O) groups excluding carboxylic acids is 1. The normalized spacial score (nSPS) is 11.1. The molecule has 0 aliphatic rings. The van der Waals surface area contributed by atoms with Crippen molar-refractivity contribution in [3.63, 3.8) is 0 Å². The molecule has 0 fully saturated rings. The van der Waals surface area contributed by atoms with E-state index in [1.165, 1.54) is 49.9 Å². The number of hydrogen-bond donors (Lipinski definition) is 1. The molecular formula is C19H17FN2O4S2. The summed E-state index contributed by atoms with van der Waals surface area (Å²) in [5, 5.41) is 4.21. The highest BCUT2D eigenvalue weighted by Gasteiger charge is 2.28. The Labute approximate surface area is 166 Å². The fourth-order valence-electron chi connectivity index (χ4n) is 2.47. The number of nitrogens with one attached hydrogen (secondary N) is 1. The second kappa shape index (κ2) is 7.99. The Kier molecular flexibility index (Phi) is 5.66. The van der Waals surface area contributed by atoms with E-state index < -0.39 is 21.7 Å². The summed E-state index contributed by atoms with van der Waals surface area (Å²) in [5.41, 5.74) is 0.795. The van der Waals surface area contributed by atoms with Crippen LogP contribution in [-0.2, 0) is 10.0 Å². The lowest BCUT2D eigenvalue weighted by molar-refractivity contribution is 0.102. The van der Waals surface area contributed by atoms with E-state index in [0.717, 1.165) is 15.6 Å². The van der Waals surface area contributed by atoms with E-state index >= 15 is 0 Å². The van der Waals surface area contributed by atoms with E-state index in [-0.39, 0.29) is 15.5 Å². The zero-order valence-corrected chi connectivity index (χ0v) is 16.7. The Morgan fingerprint density at radius 1 is 1.07 bits per heavy atom. The van der Waals surface area contributed by atoms with E-state index in [9.17, 15) is 17.6 Å². The maximum Gasteiger partial charge on any atom is 0.267 e. The van der Waals surface area contributed by atoms with Gasteiger partial charge in [0.05, 0.1) is 12.8 Å². The first kappa shape index (κ1) is 19.8. The van der Waals surface area contributed by atoms with E-state index in [4.69, 9.17) is 4.74 Å². The molecule has 0 bridgehead atoms. The van der Waals surface area contributed by atoms with Gasteiger partial charge in [-0.25, -0.2) is 12.8 Å². The zero-order chi connectivity index (χ0) is 20.3. The van der Waals surface area contributed by atoms with Crippen LogP contribution in [0.3, 0.4) is 0 Å². The van der Waals surface area contributed by atoms with Gasteiger partial charge in [-0.3, -0.25) is 9.10 Å². The molecule has 2 aromatic carbocycles. The molecule has 1 aromatic heterocycles. The molecule has 0 spiro atoms. The fourth-order valence-corrected chi connectivity index (χ4v) is 4.96. The van der Waals surface area contributed by atoms with Gasteiger partial charge in [-0.2, -0.15) is 0 Å². The SMILES string of the molecule is COc1ccc(NC(=O)c2sccc2S(=O)(=O)N(C)c2ccc(F)cc2)cc1. The largest absolute Gasteiger partial charge is 0.497 e. The first-order valence-corrected chi connectivity index (χ1v) is 10.4. The molecule has 0 saturated carbocycles. The van der Waals surface area contributed by atoms with Crippen molar-refractivity contribution in [2.24, 2.45) is 0 Å². The number of ether oxygens (including phenoxy) is 1. The molecule has 146 valence electrons. The van der Waals surface area contributed by atoms with Crippen LogP contribution in [0.1, 0.15) is 9.67 Å². The molecule has 28 heavy (non-hydrogen) atoms. The lowest BCUT2D eigenvalue weighted by Gasteiger charge is -2.19. The topological polar surface area (TPSA) is 75.7 Å².